The Balaban J connectivity index is 2.12. The van der Waals surface area contributed by atoms with Gasteiger partial charge in [-0.2, -0.15) is 10.5 Å². The largest absolute Gasteiger partial charge is 0.404 e. The van der Waals surface area contributed by atoms with Crippen LogP contribution in [0.3, 0.4) is 0 Å². The maximum atomic E-state index is 13.3. The molecule has 0 radical (unpaired) electrons. The van der Waals surface area contributed by atoms with Crippen LogP contribution in [0.4, 0.5) is 0 Å². The molecule has 1 atom stereocenters. The second-order valence-electron chi connectivity index (χ2n) is 10.0. The number of rotatable bonds is 14. The van der Waals surface area contributed by atoms with E-state index >= 15 is 0 Å². The number of nitrogens with zero attached hydrogens (tertiary/aromatic N) is 2. The lowest BCUT2D eigenvalue weighted by atomic mass is 10.1. The van der Waals surface area contributed by atoms with Crippen LogP contribution in [-0.2, 0) is 31.9 Å². The van der Waals surface area contributed by atoms with E-state index in [0.29, 0.717) is 34.4 Å². The third kappa shape index (κ3) is 7.85. The summed E-state index contributed by atoms with van der Waals surface area (Å²) in [6, 6.07) is 18.5. The highest BCUT2D eigenvalue weighted by Crippen LogP contribution is 2.43. The quantitative estimate of drug-likeness (QED) is 0.279. The fraction of sp³-hybridized carbons (Fsp3) is 0.483. The van der Waals surface area contributed by atoms with Gasteiger partial charge in [0.05, 0.1) is 43.1 Å². The highest BCUT2D eigenvalue weighted by molar-refractivity contribution is 6.77. The Morgan fingerprint density at radius 3 is 1.56 bits per heavy atom. The Hall–Kier alpha value is -2.81. The second-order valence-corrected chi connectivity index (χ2v) is 15.4. The van der Waals surface area contributed by atoms with Gasteiger partial charge in [-0.05, 0) is 52.0 Å². The summed E-state index contributed by atoms with van der Waals surface area (Å²) in [5.41, 5.74) is 3.97. The first-order chi connectivity index (χ1) is 17.1. The Labute approximate surface area is 216 Å². The van der Waals surface area contributed by atoms with Crippen molar-refractivity contribution in [2.75, 3.05) is 13.2 Å². The number of carbonyl (C=O) groups excluding carboxylic acids is 1. The van der Waals surface area contributed by atoms with Crippen molar-refractivity contribution in [1.82, 2.24) is 0 Å². The van der Waals surface area contributed by atoms with Crippen LogP contribution in [0.2, 0.25) is 16.6 Å². The molecule has 0 aromatic heterocycles. The van der Waals surface area contributed by atoms with Crippen molar-refractivity contribution >= 4 is 14.1 Å². The Bertz CT molecular complexity index is 1030. The fourth-order valence-electron chi connectivity index (χ4n) is 4.84. The van der Waals surface area contributed by atoms with Crippen molar-refractivity contribution < 1.29 is 18.7 Å². The van der Waals surface area contributed by atoms with Crippen LogP contribution in [0.5, 0.6) is 0 Å². The van der Waals surface area contributed by atoms with Crippen molar-refractivity contribution in [3.05, 3.63) is 70.8 Å². The van der Waals surface area contributed by atoms with E-state index in [-0.39, 0.29) is 25.6 Å². The monoisotopic (exact) mass is 506 g/mol. The summed E-state index contributed by atoms with van der Waals surface area (Å²) < 4.78 is 18.5. The molecule has 0 aliphatic carbocycles. The van der Waals surface area contributed by atoms with Gasteiger partial charge in [0, 0.05) is 0 Å². The smallest absolute Gasteiger partial charge is 0.201 e. The predicted octanol–water partition coefficient (Wildman–Crippen LogP) is 6.29. The molecule has 0 fully saturated rings. The first-order valence-corrected chi connectivity index (χ1v) is 14.6. The van der Waals surface area contributed by atoms with Crippen LogP contribution in [0, 0.1) is 22.7 Å². The number of ether oxygens (including phenoxy) is 2. The van der Waals surface area contributed by atoms with Crippen molar-refractivity contribution in [3.8, 4) is 12.1 Å². The van der Waals surface area contributed by atoms with E-state index in [1.54, 1.807) is 24.3 Å². The molecule has 0 saturated heterocycles. The summed E-state index contributed by atoms with van der Waals surface area (Å²) in [4.78, 5) is 13.3. The van der Waals surface area contributed by atoms with Crippen LogP contribution >= 0.6 is 0 Å². The summed E-state index contributed by atoms with van der Waals surface area (Å²) in [5.74, 6) is -0.137. The highest BCUT2D eigenvalue weighted by Gasteiger charge is 2.47. The first-order valence-electron chi connectivity index (χ1n) is 12.5. The van der Waals surface area contributed by atoms with Crippen LogP contribution in [0.1, 0.15) is 63.8 Å². The lowest BCUT2D eigenvalue weighted by molar-refractivity contribution is -0.134. The number of carbonyl (C=O) groups is 1. The zero-order chi connectivity index (χ0) is 26.7. The Morgan fingerprint density at radius 1 is 0.750 bits per heavy atom. The van der Waals surface area contributed by atoms with E-state index in [1.807, 2.05) is 24.3 Å². The van der Waals surface area contributed by atoms with Gasteiger partial charge in [0.25, 0.3) is 0 Å². The molecule has 2 aromatic rings. The first kappa shape index (κ1) is 29.4. The normalized spacial score (nSPS) is 12.5. The molecule has 0 aliphatic heterocycles. The Morgan fingerprint density at radius 2 is 1.17 bits per heavy atom. The van der Waals surface area contributed by atoms with Crippen LogP contribution in [-0.4, -0.2) is 33.4 Å². The third-order valence-corrected chi connectivity index (χ3v) is 12.7. The van der Waals surface area contributed by atoms with Gasteiger partial charge in [-0.25, -0.2) is 0 Å². The van der Waals surface area contributed by atoms with E-state index in [9.17, 15) is 4.79 Å². The van der Waals surface area contributed by atoms with E-state index < -0.39 is 14.4 Å². The second kappa shape index (κ2) is 14.1. The average Bonchev–Trinajstić information content (AvgIpc) is 2.86. The molecule has 0 saturated carbocycles. The molecule has 1 unspecified atom stereocenters. The molecule has 0 spiro atoms. The fourth-order valence-corrected chi connectivity index (χ4v) is 10.4. The molecule has 2 rings (SSSR count). The van der Waals surface area contributed by atoms with E-state index in [2.05, 4.69) is 53.7 Å². The maximum absolute atomic E-state index is 13.3. The van der Waals surface area contributed by atoms with E-state index in [0.717, 1.165) is 11.1 Å². The number of benzene rings is 2. The van der Waals surface area contributed by atoms with Crippen LogP contribution < -0.4 is 0 Å². The molecule has 0 amide bonds. The van der Waals surface area contributed by atoms with Gasteiger partial charge >= 0.3 is 0 Å². The summed E-state index contributed by atoms with van der Waals surface area (Å²) in [5, 5.41) is 17.9. The van der Waals surface area contributed by atoms with Crippen LogP contribution in [0.15, 0.2) is 48.5 Å². The number of ketones is 1. The molecule has 0 N–H and O–H groups in total. The van der Waals surface area contributed by atoms with Crippen molar-refractivity contribution in [3.63, 3.8) is 0 Å². The van der Waals surface area contributed by atoms with E-state index in [4.69, 9.17) is 24.4 Å². The number of Topliss-reactive ketones (excluding diaryl/α,β-unsaturated/α-hetero) is 1. The lowest BCUT2D eigenvalue weighted by Crippen LogP contribution is -2.53. The molecule has 0 heterocycles. The lowest BCUT2D eigenvalue weighted by Gasteiger charge is -2.44. The minimum Gasteiger partial charge on any atom is -0.404 e. The number of hydrogen-bond acceptors (Lipinski definition) is 6. The molecule has 0 aliphatic rings. The zero-order valence-corrected chi connectivity index (χ0v) is 23.3. The maximum Gasteiger partial charge on any atom is 0.201 e. The molecule has 2 aromatic carbocycles. The molecule has 36 heavy (non-hydrogen) atoms. The number of hydrogen-bond donors (Lipinski definition) is 0. The van der Waals surface area contributed by atoms with Gasteiger partial charge in [-0.15, -0.1) is 0 Å². The molecule has 7 heteroatoms. The topological polar surface area (TPSA) is 92.3 Å². The Kier molecular flexibility index (Phi) is 11.5. The average molecular weight is 507 g/mol. The molecule has 192 valence electrons. The summed E-state index contributed by atoms with van der Waals surface area (Å²) in [6.45, 7) is 13.8. The minimum absolute atomic E-state index is 0.0797. The summed E-state index contributed by atoms with van der Waals surface area (Å²) >= 11 is 0. The standard InChI is InChI=1S/C29H38N2O4Si/c1-21(2)36(22(3)4,23(5)6)35-29(20-34-18-27-13-9-25(16-31)10-14-27)28(32)19-33-17-26-11-7-24(15-30)8-12-26/h7-14,21-23,29H,17-20H2,1-6H3. The van der Waals surface area contributed by atoms with E-state index in [1.165, 1.54) is 0 Å². The SMILES string of the molecule is CC(C)[Si](OC(COCc1ccc(C#N)cc1)C(=O)COCc1ccc(C#N)cc1)(C(C)C)C(C)C. The number of nitriles is 2. The molecular weight excluding hydrogens is 468 g/mol. The van der Waals surface area contributed by atoms with Gasteiger partial charge in [0.15, 0.2) is 5.78 Å². The minimum atomic E-state index is -2.33. The van der Waals surface area contributed by atoms with Gasteiger partial charge < -0.3 is 13.9 Å². The zero-order valence-electron chi connectivity index (χ0n) is 22.3. The molecule has 6 nitrogen and oxygen atoms in total. The summed E-state index contributed by atoms with van der Waals surface area (Å²) in [6.07, 6.45) is -0.719. The van der Waals surface area contributed by atoms with Crippen LogP contribution in [0.25, 0.3) is 0 Å². The van der Waals surface area contributed by atoms with Crippen molar-refractivity contribution in [1.29, 1.82) is 10.5 Å². The highest BCUT2D eigenvalue weighted by atomic mass is 28.4. The van der Waals surface area contributed by atoms with Gasteiger partial charge in [0.1, 0.15) is 12.7 Å². The van der Waals surface area contributed by atoms with Crippen molar-refractivity contribution in [2.24, 2.45) is 0 Å². The van der Waals surface area contributed by atoms with Crippen molar-refractivity contribution in [2.45, 2.75) is 77.5 Å². The van der Waals surface area contributed by atoms with Gasteiger partial charge in [0.2, 0.25) is 8.32 Å². The molecule has 0 bridgehead atoms. The third-order valence-electron chi connectivity index (χ3n) is 6.63. The predicted molar refractivity (Wildman–Crippen MR) is 143 cm³/mol. The molecular formula is C29H38N2O4Si. The van der Waals surface area contributed by atoms with Gasteiger partial charge in [-0.3, -0.25) is 4.79 Å². The van der Waals surface area contributed by atoms with Gasteiger partial charge in [-0.1, -0.05) is 65.8 Å². The summed E-state index contributed by atoms with van der Waals surface area (Å²) in [7, 11) is -2.33.